The van der Waals surface area contributed by atoms with Gasteiger partial charge in [0.25, 0.3) is 0 Å². The molecule has 2 amide bonds. The van der Waals surface area contributed by atoms with Gasteiger partial charge in [0.1, 0.15) is 18.0 Å². The normalized spacial score (nSPS) is 19.2. The van der Waals surface area contributed by atoms with Gasteiger partial charge in [-0.05, 0) is 58.5 Å². The molecule has 11 heteroatoms. The number of benzene rings is 2. The van der Waals surface area contributed by atoms with E-state index in [0.29, 0.717) is 26.9 Å². The Morgan fingerprint density at radius 3 is 2.62 bits per heavy atom. The summed E-state index contributed by atoms with van der Waals surface area (Å²) in [5.41, 5.74) is 1.06. The minimum absolute atomic E-state index is 0.0747. The number of ether oxygens (including phenoxy) is 2. The maximum atomic E-state index is 13.4. The number of nitrogens with zero attached hydrogens (tertiary/aromatic N) is 1. The number of rotatable bonds is 11. The van der Waals surface area contributed by atoms with Gasteiger partial charge in [0.15, 0.2) is 0 Å². The summed E-state index contributed by atoms with van der Waals surface area (Å²) in [4.78, 5) is 27.8. The second kappa shape index (κ2) is 14.3. The van der Waals surface area contributed by atoms with E-state index in [2.05, 4.69) is 27.9 Å². The first kappa shape index (κ1) is 29.7. The minimum atomic E-state index is -1.14. The van der Waals surface area contributed by atoms with Crippen molar-refractivity contribution in [3.8, 4) is 5.75 Å². The van der Waals surface area contributed by atoms with Crippen LogP contribution in [0.3, 0.4) is 0 Å². The first-order valence-electron chi connectivity index (χ1n) is 11.7. The summed E-state index contributed by atoms with van der Waals surface area (Å²) in [5, 5.41) is 24.0. The lowest BCUT2D eigenvalue weighted by molar-refractivity contribution is -0.140. The van der Waals surface area contributed by atoms with Crippen LogP contribution < -0.4 is 10.1 Å². The number of aliphatic hydroxyl groups excluding tert-OH is 2. The number of amides is 2. The molecule has 200 valence electrons. The van der Waals surface area contributed by atoms with E-state index in [-0.39, 0.29) is 45.1 Å². The van der Waals surface area contributed by atoms with Gasteiger partial charge in [-0.2, -0.15) is 0 Å². The van der Waals surface area contributed by atoms with Crippen LogP contribution in [0.15, 0.2) is 54.1 Å². The number of hydrogen-bond donors (Lipinski definition) is 3. The van der Waals surface area contributed by atoms with Gasteiger partial charge >= 0.3 is 0 Å². The molecule has 1 aliphatic carbocycles. The predicted octanol–water partition coefficient (Wildman–Crippen LogP) is 3.58. The van der Waals surface area contributed by atoms with Gasteiger partial charge in [0.2, 0.25) is 11.8 Å². The number of aliphatic hydroxyl groups is 2. The Kier molecular flexibility index (Phi) is 11.5. The van der Waals surface area contributed by atoms with E-state index in [1.807, 2.05) is 18.2 Å². The van der Waals surface area contributed by atoms with Crippen molar-refractivity contribution >= 4 is 57.6 Å². The van der Waals surface area contributed by atoms with Crippen molar-refractivity contribution in [3.05, 3.63) is 73.3 Å². The highest BCUT2D eigenvalue weighted by Crippen LogP contribution is 2.31. The van der Waals surface area contributed by atoms with Gasteiger partial charge in [-0.3, -0.25) is 9.59 Å². The van der Waals surface area contributed by atoms with E-state index < -0.39 is 24.2 Å². The summed E-state index contributed by atoms with van der Waals surface area (Å²) in [7, 11) is 1.50. The first-order valence-corrected chi connectivity index (χ1v) is 13.5. The van der Waals surface area contributed by atoms with Crippen LogP contribution in [0.25, 0.3) is 0 Å². The molecule has 0 saturated carbocycles. The van der Waals surface area contributed by atoms with Crippen molar-refractivity contribution in [2.24, 2.45) is 0 Å². The third-order valence-electron chi connectivity index (χ3n) is 5.89. The maximum Gasteiger partial charge on any atom is 0.247 e. The fraction of sp³-hybridized carbons (Fsp3) is 0.385. The van der Waals surface area contributed by atoms with Crippen LogP contribution in [0.5, 0.6) is 5.75 Å². The molecule has 0 heterocycles. The number of para-hydroxylation sites is 1. The molecule has 3 N–H and O–H groups in total. The van der Waals surface area contributed by atoms with Gasteiger partial charge in [0.05, 0.1) is 39.3 Å². The topological polar surface area (TPSA) is 108 Å². The lowest BCUT2D eigenvalue weighted by atomic mass is 9.87. The smallest absolute Gasteiger partial charge is 0.247 e. The van der Waals surface area contributed by atoms with Crippen LogP contribution in [-0.4, -0.2) is 72.0 Å². The predicted molar refractivity (Wildman–Crippen MR) is 150 cm³/mol. The van der Waals surface area contributed by atoms with Gasteiger partial charge in [-0.15, -0.1) is 0 Å². The monoisotopic (exact) mass is 662 g/mol. The number of hydrogen-bond acceptors (Lipinski definition) is 6. The Morgan fingerprint density at radius 2 is 1.95 bits per heavy atom. The highest BCUT2D eigenvalue weighted by atomic mass is 127. The summed E-state index contributed by atoms with van der Waals surface area (Å²) in [6, 6.07) is 11.6. The first-order chi connectivity index (χ1) is 17.7. The zero-order valence-corrected chi connectivity index (χ0v) is 23.9. The summed E-state index contributed by atoms with van der Waals surface area (Å²) in [6.45, 7) is 0.182. The summed E-state index contributed by atoms with van der Waals surface area (Å²) in [6.07, 6.45) is -0.299. The quantitative estimate of drug-likeness (QED) is 0.318. The maximum absolute atomic E-state index is 13.4. The van der Waals surface area contributed by atoms with Crippen molar-refractivity contribution in [2.75, 3.05) is 26.9 Å². The van der Waals surface area contributed by atoms with Crippen molar-refractivity contribution in [2.45, 2.75) is 37.6 Å². The lowest BCUT2D eigenvalue weighted by Crippen LogP contribution is -2.55. The van der Waals surface area contributed by atoms with Crippen LogP contribution in [0.2, 0.25) is 10.0 Å². The summed E-state index contributed by atoms with van der Waals surface area (Å²) < 4.78 is 12.1. The van der Waals surface area contributed by atoms with Crippen molar-refractivity contribution in [3.63, 3.8) is 0 Å². The standard InChI is InChI=1S/C26H29Cl2IN2O6/c1-36-11-8-24(33)31(15-16-6-7-18(27)19(28)12-16)21-13-17(26(35)30-9-10-32)14-23(25(21)34)37-22-5-3-2-4-20(22)29/h2-7,12,14,21,23,25,32,34H,8-11,13,15H2,1H3,(H,30,35). The fourth-order valence-corrected chi connectivity index (χ4v) is 4.86. The van der Waals surface area contributed by atoms with Gasteiger partial charge < -0.3 is 29.9 Å². The fourth-order valence-electron chi connectivity index (χ4n) is 4.02. The average Bonchev–Trinajstić information content (AvgIpc) is 2.89. The molecule has 8 nitrogen and oxygen atoms in total. The van der Waals surface area contributed by atoms with E-state index in [0.717, 1.165) is 3.57 Å². The van der Waals surface area contributed by atoms with Crippen LogP contribution in [0, 0.1) is 3.57 Å². The molecule has 1 aliphatic rings. The largest absolute Gasteiger partial charge is 0.482 e. The number of carbonyl (C=O) groups excluding carboxylic acids is 2. The Balaban J connectivity index is 1.98. The molecule has 0 fully saturated rings. The van der Waals surface area contributed by atoms with Crippen LogP contribution in [-0.2, 0) is 20.9 Å². The molecule has 2 aromatic carbocycles. The number of carbonyl (C=O) groups is 2. The van der Waals surface area contributed by atoms with Crippen molar-refractivity contribution in [1.29, 1.82) is 0 Å². The second-order valence-corrected chi connectivity index (χ2v) is 10.4. The Bertz CT molecular complexity index is 1130. The molecule has 3 atom stereocenters. The molecule has 0 aliphatic heterocycles. The second-order valence-electron chi connectivity index (χ2n) is 8.46. The zero-order valence-electron chi connectivity index (χ0n) is 20.2. The molecule has 0 spiro atoms. The van der Waals surface area contributed by atoms with E-state index in [4.69, 9.17) is 37.8 Å². The molecule has 0 bridgehead atoms. The molecular weight excluding hydrogens is 634 g/mol. The van der Waals surface area contributed by atoms with Gasteiger partial charge in [0, 0.05) is 32.2 Å². The number of nitrogens with one attached hydrogen (secondary N) is 1. The average molecular weight is 663 g/mol. The molecule has 0 saturated heterocycles. The Morgan fingerprint density at radius 1 is 1.19 bits per heavy atom. The van der Waals surface area contributed by atoms with Crippen molar-refractivity contribution < 1.29 is 29.3 Å². The third kappa shape index (κ3) is 8.05. The van der Waals surface area contributed by atoms with Crippen LogP contribution in [0.4, 0.5) is 0 Å². The highest BCUT2D eigenvalue weighted by molar-refractivity contribution is 14.1. The van der Waals surface area contributed by atoms with Crippen LogP contribution in [0.1, 0.15) is 18.4 Å². The Labute approximate surface area is 239 Å². The lowest BCUT2D eigenvalue weighted by Gasteiger charge is -2.40. The minimum Gasteiger partial charge on any atom is -0.482 e. The van der Waals surface area contributed by atoms with Crippen molar-refractivity contribution in [1.82, 2.24) is 10.2 Å². The zero-order chi connectivity index (χ0) is 26.9. The molecule has 3 unspecified atom stereocenters. The highest BCUT2D eigenvalue weighted by Gasteiger charge is 2.40. The molecule has 2 aromatic rings. The SMILES string of the molecule is COCCC(=O)N(Cc1ccc(Cl)c(Cl)c1)C1CC(C(=O)NCCO)=CC(Oc2ccccc2I)C1O. The Hall–Kier alpha value is -1.89. The number of halogens is 3. The molecule has 37 heavy (non-hydrogen) atoms. The van der Waals surface area contributed by atoms with Gasteiger partial charge in [-0.25, -0.2) is 0 Å². The van der Waals surface area contributed by atoms with Crippen LogP contribution >= 0.6 is 45.8 Å². The molecule has 0 radical (unpaired) electrons. The molecule has 3 rings (SSSR count). The van der Waals surface area contributed by atoms with E-state index in [1.165, 1.54) is 12.0 Å². The third-order valence-corrected chi connectivity index (χ3v) is 7.52. The molecule has 0 aromatic heterocycles. The molecular formula is C26H29Cl2IN2O6. The summed E-state index contributed by atoms with van der Waals surface area (Å²) >= 11 is 14.4. The van der Waals surface area contributed by atoms with E-state index in [1.54, 1.807) is 30.3 Å². The van der Waals surface area contributed by atoms with Gasteiger partial charge in [-0.1, -0.05) is 41.4 Å². The number of methoxy groups -OCH3 is 1. The van der Waals surface area contributed by atoms with E-state index >= 15 is 0 Å². The van der Waals surface area contributed by atoms with E-state index in [9.17, 15) is 14.7 Å². The summed E-state index contributed by atoms with van der Waals surface area (Å²) in [5.74, 6) is -0.121.